The van der Waals surface area contributed by atoms with Gasteiger partial charge in [-0.2, -0.15) is 0 Å². The van der Waals surface area contributed by atoms with Crippen LogP contribution < -0.4 is 5.73 Å². The van der Waals surface area contributed by atoms with Gasteiger partial charge in [0.05, 0.1) is 5.56 Å². The molecular formula is C7H4Br3NO. The van der Waals surface area contributed by atoms with Gasteiger partial charge in [-0.3, -0.25) is 4.79 Å². The molecule has 0 aliphatic rings. The Balaban J connectivity index is 3.43. The van der Waals surface area contributed by atoms with Gasteiger partial charge in [0.25, 0.3) is 5.91 Å². The van der Waals surface area contributed by atoms with E-state index in [1.165, 1.54) is 0 Å². The van der Waals surface area contributed by atoms with Crippen LogP contribution >= 0.6 is 47.8 Å². The highest BCUT2D eigenvalue weighted by molar-refractivity contribution is 9.13. The number of carbonyl (C=O) groups is 1. The largest absolute Gasteiger partial charge is 0.366 e. The number of nitrogens with two attached hydrogens (primary N) is 1. The molecule has 2 N–H and O–H groups in total. The number of amides is 1. The van der Waals surface area contributed by atoms with Crippen molar-refractivity contribution in [3.63, 3.8) is 0 Å². The fourth-order valence-electron chi connectivity index (χ4n) is 0.753. The lowest BCUT2D eigenvalue weighted by molar-refractivity contribution is 0.0999. The molecule has 0 bridgehead atoms. The fourth-order valence-corrected chi connectivity index (χ4v) is 2.42. The molecule has 0 unspecified atom stereocenters. The summed E-state index contributed by atoms with van der Waals surface area (Å²) in [5, 5.41) is 0. The van der Waals surface area contributed by atoms with Crippen molar-refractivity contribution in [2.75, 3.05) is 0 Å². The molecule has 0 saturated carbocycles. The van der Waals surface area contributed by atoms with E-state index in [0.717, 1.165) is 4.47 Å². The van der Waals surface area contributed by atoms with Crippen molar-refractivity contribution in [3.8, 4) is 0 Å². The SMILES string of the molecule is NC(=O)c1c(Br)ccc(Br)c1Br. The number of benzene rings is 1. The second-order valence-electron chi connectivity index (χ2n) is 2.08. The molecular weight excluding hydrogens is 354 g/mol. The normalized spacial score (nSPS) is 9.92. The van der Waals surface area contributed by atoms with E-state index in [9.17, 15) is 4.79 Å². The van der Waals surface area contributed by atoms with Crippen molar-refractivity contribution in [3.05, 3.63) is 31.1 Å². The van der Waals surface area contributed by atoms with Crippen molar-refractivity contribution in [1.29, 1.82) is 0 Å². The first kappa shape index (κ1) is 10.2. The van der Waals surface area contributed by atoms with Gasteiger partial charge in [-0.1, -0.05) is 0 Å². The maximum atomic E-state index is 10.9. The Bertz CT molecular complexity index is 338. The number of hydrogen-bond acceptors (Lipinski definition) is 1. The summed E-state index contributed by atoms with van der Waals surface area (Å²) in [6.07, 6.45) is 0. The van der Waals surface area contributed by atoms with E-state index in [1.807, 2.05) is 6.07 Å². The first-order valence-corrected chi connectivity index (χ1v) is 5.35. The highest BCUT2D eigenvalue weighted by atomic mass is 79.9. The third kappa shape index (κ3) is 1.89. The van der Waals surface area contributed by atoms with Crippen LogP contribution in [0.4, 0.5) is 0 Å². The van der Waals surface area contributed by atoms with Gasteiger partial charge in [0.15, 0.2) is 0 Å². The number of hydrogen-bond donors (Lipinski definition) is 1. The lowest BCUT2D eigenvalue weighted by Crippen LogP contribution is -2.12. The van der Waals surface area contributed by atoms with Gasteiger partial charge in [-0.15, -0.1) is 0 Å². The monoisotopic (exact) mass is 355 g/mol. The van der Waals surface area contributed by atoms with Crippen molar-refractivity contribution in [1.82, 2.24) is 0 Å². The smallest absolute Gasteiger partial charge is 0.251 e. The minimum absolute atomic E-state index is 0.448. The molecule has 0 saturated heterocycles. The number of primary amides is 1. The summed E-state index contributed by atoms with van der Waals surface area (Å²) in [5.41, 5.74) is 5.61. The first-order valence-electron chi connectivity index (χ1n) is 2.97. The predicted molar refractivity (Wildman–Crippen MR) is 58.1 cm³/mol. The zero-order valence-electron chi connectivity index (χ0n) is 5.77. The number of halogens is 3. The van der Waals surface area contributed by atoms with Crippen LogP contribution in [0.1, 0.15) is 10.4 Å². The standard InChI is InChI=1S/C7H4Br3NO/c8-3-1-2-4(9)6(10)5(3)7(11)12/h1-2H,(H2,11,12). The van der Waals surface area contributed by atoms with E-state index in [2.05, 4.69) is 47.8 Å². The zero-order chi connectivity index (χ0) is 9.30. The molecule has 5 heteroatoms. The maximum absolute atomic E-state index is 10.9. The third-order valence-corrected chi connectivity index (χ3v) is 3.97. The van der Waals surface area contributed by atoms with Gasteiger partial charge in [0.1, 0.15) is 0 Å². The Morgan fingerprint density at radius 2 is 1.67 bits per heavy atom. The Kier molecular flexibility index (Phi) is 3.31. The Hall–Kier alpha value is 0.130. The maximum Gasteiger partial charge on any atom is 0.251 e. The average Bonchev–Trinajstić information content (AvgIpc) is 1.97. The lowest BCUT2D eigenvalue weighted by Gasteiger charge is -2.04. The molecule has 1 aromatic rings. The summed E-state index contributed by atoms with van der Waals surface area (Å²) < 4.78 is 2.16. The molecule has 0 radical (unpaired) electrons. The van der Waals surface area contributed by atoms with Crippen LogP contribution in [0, 0.1) is 0 Å². The quantitative estimate of drug-likeness (QED) is 0.771. The summed E-state index contributed by atoms with van der Waals surface area (Å²) in [6.45, 7) is 0. The van der Waals surface area contributed by atoms with E-state index >= 15 is 0 Å². The highest BCUT2D eigenvalue weighted by Gasteiger charge is 2.12. The Morgan fingerprint density at radius 3 is 2.08 bits per heavy atom. The molecule has 1 aromatic carbocycles. The second kappa shape index (κ2) is 3.89. The van der Waals surface area contributed by atoms with E-state index in [1.54, 1.807) is 6.07 Å². The van der Waals surface area contributed by atoms with Gasteiger partial charge in [0, 0.05) is 13.4 Å². The second-order valence-corrected chi connectivity index (χ2v) is 4.58. The molecule has 64 valence electrons. The molecule has 0 atom stereocenters. The number of rotatable bonds is 1. The van der Waals surface area contributed by atoms with Crippen LogP contribution in [-0.4, -0.2) is 5.91 Å². The third-order valence-electron chi connectivity index (χ3n) is 1.29. The summed E-state index contributed by atoms with van der Waals surface area (Å²) in [5.74, 6) is -0.463. The molecule has 0 aromatic heterocycles. The van der Waals surface area contributed by atoms with Crippen molar-refractivity contribution >= 4 is 53.7 Å². The molecule has 12 heavy (non-hydrogen) atoms. The van der Waals surface area contributed by atoms with E-state index in [-0.39, 0.29) is 0 Å². The van der Waals surface area contributed by atoms with Crippen molar-refractivity contribution in [2.24, 2.45) is 5.73 Å². The zero-order valence-corrected chi connectivity index (χ0v) is 10.5. The summed E-state index contributed by atoms with van der Waals surface area (Å²) >= 11 is 9.76. The lowest BCUT2D eigenvalue weighted by atomic mass is 10.2. The molecule has 2 nitrogen and oxygen atoms in total. The number of carbonyl (C=O) groups excluding carboxylic acids is 1. The van der Waals surface area contributed by atoms with Gasteiger partial charge in [-0.05, 0) is 59.9 Å². The van der Waals surface area contributed by atoms with Gasteiger partial charge in [0.2, 0.25) is 0 Å². The topological polar surface area (TPSA) is 43.1 Å². The molecule has 0 aliphatic carbocycles. The first-order chi connectivity index (χ1) is 5.54. The van der Waals surface area contributed by atoms with E-state index in [0.29, 0.717) is 14.5 Å². The summed E-state index contributed by atoms with van der Waals surface area (Å²) in [6, 6.07) is 3.58. The van der Waals surface area contributed by atoms with Crippen molar-refractivity contribution < 1.29 is 4.79 Å². The summed E-state index contributed by atoms with van der Waals surface area (Å²) in [4.78, 5) is 10.9. The van der Waals surface area contributed by atoms with Gasteiger partial charge >= 0.3 is 0 Å². The van der Waals surface area contributed by atoms with Gasteiger partial charge in [-0.25, -0.2) is 0 Å². The molecule has 0 heterocycles. The van der Waals surface area contributed by atoms with Crippen LogP contribution in [0.25, 0.3) is 0 Å². The highest BCUT2D eigenvalue weighted by Crippen LogP contribution is 2.31. The molecule has 1 amide bonds. The molecule has 0 aliphatic heterocycles. The van der Waals surface area contributed by atoms with Crippen LogP contribution in [0.5, 0.6) is 0 Å². The van der Waals surface area contributed by atoms with E-state index in [4.69, 9.17) is 5.73 Å². The Labute approximate surface area is 94.9 Å². The van der Waals surface area contributed by atoms with Crippen molar-refractivity contribution in [2.45, 2.75) is 0 Å². The average molecular weight is 358 g/mol. The van der Waals surface area contributed by atoms with Crippen LogP contribution in [-0.2, 0) is 0 Å². The van der Waals surface area contributed by atoms with Crippen LogP contribution in [0.3, 0.4) is 0 Å². The minimum atomic E-state index is -0.463. The summed E-state index contributed by atoms with van der Waals surface area (Å²) in [7, 11) is 0. The van der Waals surface area contributed by atoms with Crippen LogP contribution in [0.15, 0.2) is 25.6 Å². The predicted octanol–water partition coefficient (Wildman–Crippen LogP) is 3.07. The minimum Gasteiger partial charge on any atom is -0.366 e. The molecule has 1 rings (SSSR count). The van der Waals surface area contributed by atoms with E-state index < -0.39 is 5.91 Å². The molecule has 0 spiro atoms. The van der Waals surface area contributed by atoms with Crippen LogP contribution in [0.2, 0.25) is 0 Å². The fraction of sp³-hybridized carbons (Fsp3) is 0. The molecule has 0 fully saturated rings. The van der Waals surface area contributed by atoms with Gasteiger partial charge < -0.3 is 5.73 Å². The Morgan fingerprint density at radius 1 is 1.17 bits per heavy atom.